The quantitative estimate of drug-likeness (QED) is 0.155. The van der Waals surface area contributed by atoms with Crippen molar-refractivity contribution in [2.75, 3.05) is 12.5 Å². The van der Waals surface area contributed by atoms with Crippen molar-refractivity contribution in [1.29, 1.82) is 0 Å². The average Bonchev–Trinajstić information content (AvgIpc) is 2.93. The molecule has 1 saturated carbocycles. The highest BCUT2D eigenvalue weighted by molar-refractivity contribution is 8.01. The van der Waals surface area contributed by atoms with E-state index in [9.17, 15) is 5.11 Å². The van der Waals surface area contributed by atoms with Crippen LogP contribution in [0.5, 0.6) is 5.75 Å². The maximum Gasteiger partial charge on any atom is 0.128 e. The van der Waals surface area contributed by atoms with Gasteiger partial charge >= 0.3 is 0 Å². The maximum absolute atomic E-state index is 12.8. The van der Waals surface area contributed by atoms with E-state index in [1.54, 1.807) is 23.5 Å². The lowest BCUT2D eigenvalue weighted by Crippen LogP contribution is -2.44. The van der Waals surface area contributed by atoms with E-state index in [0.717, 1.165) is 45.2 Å². The van der Waals surface area contributed by atoms with Crippen LogP contribution < -0.4 is 4.74 Å². The molecule has 0 radical (unpaired) electrons. The van der Waals surface area contributed by atoms with E-state index in [2.05, 4.69) is 107 Å². The van der Waals surface area contributed by atoms with Crippen LogP contribution in [0, 0.1) is 10.8 Å². The molecule has 0 aliphatic heterocycles. The van der Waals surface area contributed by atoms with Crippen molar-refractivity contribution in [3.63, 3.8) is 0 Å². The van der Waals surface area contributed by atoms with Gasteiger partial charge in [-0.2, -0.15) is 12.6 Å². The second-order valence-electron chi connectivity index (χ2n) is 13.1. The fourth-order valence-corrected chi connectivity index (χ4v) is 8.98. The predicted molar refractivity (Wildman–Crippen MR) is 182 cm³/mol. The van der Waals surface area contributed by atoms with Crippen LogP contribution >= 0.6 is 36.2 Å². The van der Waals surface area contributed by atoms with Crippen molar-refractivity contribution < 1.29 is 9.84 Å². The van der Waals surface area contributed by atoms with Crippen LogP contribution in [0.4, 0.5) is 0 Å². The van der Waals surface area contributed by atoms with Crippen LogP contribution in [-0.2, 0) is 18.0 Å². The Kier molecular flexibility index (Phi) is 8.84. The molecule has 1 N–H and O–H groups in total. The lowest BCUT2D eigenvalue weighted by molar-refractivity contribution is -0.0909. The van der Waals surface area contributed by atoms with Crippen molar-refractivity contribution in [2.24, 2.45) is 10.8 Å². The molecule has 0 heterocycles. The molecule has 2 nitrogen and oxygen atoms in total. The van der Waals surface area contributed by atoms with Crippen LogP contribution in [0.15, 0.2) is 82.6 Å². The fraction of sp³-hybridized carbons (Fsp3) is 0.389. The number of hydrogen-bond acceptors (Lipinski definition) is 5. The van der Waals surface area contributed by atoms with Crippen LogP contribution in [0.2, 0.25) is 0 Å². The topological polar surface area (TPSA) is 29.5 Å². The zero-order chi connectivity index (χ0) is 29.4. The van der Waals surface area contributed by atoms with E-state index in [-0.39, 0.29) is 10.8 Å². The normalized spacial score (nSPS) is 17.5. The number of benzene rings is 4. The summed E-state index contributed by atoms with van der Waals surface area (Å²) < 4.78 is 6.65. The van der Waals surface area contributed by atoms with Gasteiger partial charge in [-0.25, -0.2) is 0 Å². The lowest BCUT2D eigenvalue weighted by atomic mass is 9.57. The van der Waals surface area contributed by atoms with E-state index in [4.69, 9.17) is 4.74 Å². The van der Waals surface area contributed by atoms with Gasteiger partial charge in [0.25, 0.3) is 0 Å². The van der Waals surface area contributed by atoms with Crippen molar-refractivity contribution in [3.8, 4) is 16.9 Å². The molecule has 5 heteroatoms. The molecule has 5 rings (SSSR count). The third-order valence-electron chi connectivity index (χ3n) is 8.27. The van der Waals surface area contributed by atoms with E-state index in [1.807, 2.05) is 18.2 Å². The van der Waals surface area contributed by atoms with E-state index in [1.165, 1.54) is 15.4 Å². The molecule has 0 bridgehead atoms. The smallest absolute Gasteiger partial charge is 0.128 e. The van der Waals surface area contributed by atoms with Gasteiger partial charge in [0.2, 0.25) is 0 Å². The highest BCUT2D eigenvalue weighted by Crippen LogP contribution is 2.57. The van der Waals surface area contributed by atoms with Crippen LogP contribution in [-0.4, -0.2) is 17.6 Å². The minimum atomic E-state index is -1.00. The van der Waals surface area contributed by atoms with E-state index >= 15 is 0 Å². The Labute approximate surface area is 260 Å². The molecule has 216 valence electrons. The standard InChI is InChI=1S/C36H42O2S3/c1-34(2)21-35(3,4)23-36(37,22-34)29-18-30(38-19-24-10-8-7-9-11-24)27-16-31(40-5)32(41-6)17-28(27)33(29)26-14-12-25(20-39)13-15-26/h7-18,37,39H,19-23H2,1-6H3. The number of rotatable bonds is 8. The summed E-state index contributed by atoms with van der Waals surface area (Å²) in [5, 5.41) is 15.0. The highest BCUT2D eigenvalue weighted by atomic mass is 32.2. The summed E-state index contributed by atoms with van der Waals surface area (Å²) in [7, 11) is 0. The minimum Gasteiger partial charge on any atom is -0.488 e. The Morgan fingerprint density at radius 1 is 0.756 bits per heavy atom. The Hall–Kier alpha value is -2.05. The first-order valence-corrected chi connectivity index (χ1v) is 17.4. The van der Waals surface area contributed by atoms with E-state index in [0.29, 0.717) is 25.2 Å². The monoisotopic (exact) mass is 602 g/mol. The number of hydrogen-bond donors (Lipinski definition) is 2. The zero-order valence-corrected chi connectivity index (χ0v) is 27.6. The number of fused-ring (bicyclic) bond motifs is 1. The second kappa shape index (κ2) is 11.9. The van der Waals surface area contributed by atoms with Gasteiger partial charge in [-0.05, 0) is 94.0 Å². The average molecular weight is 603 g/mol. The van der Waals surface area contributed by atoms with Crippen LogP contribution in [0.25, 0.3) is 21.9 Å². The van der Waals surface area contributed by atoms with Gasteiger partial charge in [0.15, 0.2) is 0 Å². The molecule has 1 aliphatic carbocycles. The molecule has 0 saturated heterocycles. The molecule has 41 heavy (non-hydrogen) atoms. The molecular formula is C36H42O2S3. The van der Waals surface area contributed by atoms with Gasteiger partial charge in [-0.3, -0.25) is 0 Å². The molecule has 0 aromatic heterocycles. The molecular weight excluding hydrogens is 561 g/mol. The first-order chi connectivity index (χ1) is 19.5. The number of thioether (sulfide) groups is 2. The summed E-state index contributed by atoms with van der Waals surface area (Å²) in [6.45, 7) is 9.66. The summed E-state index contributed by atoms with van der Waals surface area (Å²) in [6.07, 6.45) is 6.75. The molecule has 0 amide bonds. The molecule has 1 aliphatic rings. The third-order valence-corrected chi connectivity index (χ3v) is 10.3. The molecule has 1 fully saturated rings. The summed E-state index contributed by atoms with van der Waals surface area (Å²) in [5.74, 6) is 1.52. The fourth-order valence-electron chi connectivity index (χ4n) is 7.28. The van der Waals surface area contributed by atoms with Crippen LogP contribution in [0.3, 0.4) is 0 Å². The van der Waals surface area contributed by atoms with Gasteiger partial charge in [0.05, 0.1) is 5.60 Å². The van der Waals surface area contributed by atoms with Gasteiger partial charge in [0, 0.05) is 20.9 Å². The molecule has 0 unspecified atom stereocenters. The largest absolute Gasteiger partial charge is 0.488 e. The maximum atomic E-state index is 12.8. The first-order valence-electron chi connectivity index (χ1n) is 14.3. The molecule has 0 spiro atoms. The third kappa shape index (κ3) is 6.49. The first kappa shape index (κ1) is 30.4. The van der Waals surface area contributed by atoms with Crippen molar-refractivity contribution >= 4 is 46.9 Å². The number of ether oxygens (including phenoxy) is 1. The number of thiol groups is 1. The summed E-state index contributed by atoms with van der Waals surface area (Å²) in [4.78, 5) is 2.47. The van der Waals surface area contributed by atoms with Crippen molar-refractivity contribution in [1.82, 2.24) is 0 Å². The Morgan fingerprint density at radius 2 is 1.34 bits per heavy atom. The van der Waals surface area contributed by atoms with Gasteiger partial charge in [-0.15, -0.1) is 23.5 Å². The Bertz CT molecular complexity index is 1510. The SMILES string of the molecule is CSc1cc2c(OCc3ccccc3)cc(C3(O)CC(C)(C)CC(C)(C)C3)c(-c3ccc(CS)cc3)c2cc1SC. The van der Waals surface area contributed by atoms with Gasteiger partial charge in [-0.1, -0.05) is 82.3 Å². The lowest BCUT2D eigenvalue weighted by Gasteiger charge is -2.50. The predicted octanol–water partition coefficient (Wildman–Crippen LogP) is 10.4. The van der Waals surface area contributed by atoms with Crippen molar-refractivity contribution in [3.05, 3.63) is 89.5 Å². The zero-order valence-electron chi connectivity index (χ0n) is 25.1. The second-order valence-corrected chi connectivity index (χ2v) is 15.1. The van der Waals surface area contributed by atoms with Gasteiger partial charge in [0.1, 0.15) is 12.4 Å². The van der Waals surface area contributed by atoms with E-state index < -0.39 is 5.60 Å². The summed E-state index contributed by atoms with van der Waals surface area (Å²) >= 11 is 8.03. The summed E-state index contributed by atoms with van der Waals surface area (Å²) in [6, 6.07) is 25.8. The van der Waals surface area contributed by atoms with Gasteiger partial charge < -0.3 is 9.84 Å². The highest BCUT2D eigenvalue weighted by Gasteiger charge is 2.48. The molecule has 4 aromatic carbocycles. The van der Waals surface area contributed by atoms with Crippen molar-refractivity contribution in [2.45, 2.75) is 74.7 Å². The molecule has 4 aromatic rings. The Morgan fingerprint density at radius 3 is 1.90 bits per heavy atom. The molecule has 0 atom stereocenters. The Balaban J connectivity index is 1.82. The summed E-state index contributed by atoms with van der Waals surface area (Å²) in [5.41, 5.74) is 4.49. The van der Waals surface area contributed by atoms with Crippen LogP contribution in [0.1, 0.15) is 63.6 Å². The minimum absolute atomic E-state index is 0.00316. The number of aliphatic hydroxyl groups is 1.